The lowest BCUT2D eigenvalue weighted by atomic mass is 10.2. The quantitative estimate of drug-likeness (QED) is 0.569. The molecule has 3 heterocycles. The van der Waals surface area contributed by atoms with Gasteiger partial charge in [-0.3, -0.25) is 14.9 Å². The summed E-state index contributed by atoms with van der Waals surface area (Å²) in [5.74, 6) is -1.38. The van der Waals surface area contributed by atoms with Gasteiger partial charge in [0.2, 0.25) is 5.43 Å². The molecule has 0 bridgehead atoms. The third kappa shape index (κ3) is 3.02. The normalized spacial score (nSPS) is 11.2. The van der Waals surface area contributed by atoms with E-state index in [4.69, 9.17) is 9.52 Å². The summed E-state index contributed by atoms with van der Waals surface area (Å²) in [6.45, 7) is 0. The van der Waals surface area contributed by atoms with Crippen molar-refractivity contribution in [1.82, 2.24) is 9.55 Å². The Bertz CT molecular complexity index is 1090. The largest absolute Gasteiger partial charge is 0.477 e. The number of aryl methyl sites for hydroxylation is 1. The molecule has 9 nitrogen and oxygen atoms in total. The number of carbonyl (C=O) groups is 1. The van der Waals surface area contributed by atoms with Gasteiger partial charge in [0.15, 0.2) is 0 Å². The fraction of sp³-hybridized carbons (Fsp3) is 0.0625. The number of carboxylic acids is 1. The number of hydrogen-bond acceptors (Lipinski definition) is 6. The van der Waals surface area contributed by atoms with Gasteiger partial charge in [0.05, 0.1) is 17.1 Å². The summed E-state index contributed by atoms with van der Waals surface area (Å²) in [5.41, 5.74) is -0.138. The number of nitrogens with zero attached hydrogens (tertiary/aromatic N) is 3. The van der Waals surface area contributed by atoms with Crippen molar-refractivity contribution in [1.29, 1.82) is 0 Å². The van der Waals surface area contributed by atoms with E-state index in [9.17, 15) is 19.7 Å². The van der Waals surface area contributed by atoms with Crippen LogP contribution in [0, 0.1) is 10.1 Å². The molecule has 9 heteroatoms. The second kappa shape index (κ2) is 6.04. The summed E-state index contributed by atoms with van der Waals surface area (Å²) in [4.78, 5) is 37.5. The van der Waals surface area contributed by atoms with Crippen LogP contribution in [0.5, 0.6) is 0 Å². The van der Waals surface area contributed by atoms with E-state index in [2.05, 4.69) is 4.98 Å². The predicted molar refractivity (Wildman–Crippen MR) is 88.2 cm³/mol. The van der Waals surface area contributed by atoms with Crippen LogP contribution in [-0.2, 0) is 7.05 Å². The first kappa shape index (κ1) is 16.1. The van der Waals surface area contributed by atoms with Crippen LogP contribution >= 0.6 is 0 Å². The number of hydrogen-bond donors (Lipinski definition) is 1. The molecule has 1 N–H and O–H groups in total. The van der Waals surface area contributed by atoms with Gasteiger partial charge in [-0.1, -0.05) is 0 Å². The Balaban J connectivity index is 2.01. The molecule has 0 aromatic carbocycles. The maximum atomic E-state index is 12.1. The Morgan fingerprint density at radius 2 is 2.08 bits per heavy atom. The molecule has 126 valence electrons. The molecule has 3 aromatic rings. The van der Waals surface area contributed by atoms with Gasteiger partial charge in [-0.2, -0.15) is 0 Å². The SMILES string of the molecule is Cn1cc(C(=O)O)c(=O)c2ccc(C=Cc3ccc([N+](=O)[O-])o3)nc21. The average molecular weight is 341 g/mol. The van der Waals surface area contributed by atoms with Gasteiger partial charge in [-0.05, 0) is 30.4 Å². The van der Waals surface area contributed by atoms with Crippen LogP contribution in [0.2, 0.25) is 0 Å². The first-order valence-electron chi connectivity index (χ1n) is 7.03. The number of aromatic nitrogens is 2. The summed E-state index contributed by atoms with van der Waals surface area (Å²) in [6, 6.07) is 5.72. The van der Waals surface area contributed by atoms with Gasteiger partial charge in [-0.25, -0.2) is 9.78 Å². The molecule has 0 spiro atoms. The zero-order valence-corrected chi connectivity index (χ0v) is 12.9. The number of pyridine rings is 2. The van der Waals surface area contributed by atoms with Gasteiger partial charge >= 0.3 is 11.9 Å². The third-order valence-corrected chi connectivity index (χ3v) is 3.48. The Kier molecular flexibility index (Phi) is 3.89. The molecule has 0 saturated carbocycles. The van der Waals surface area contributed by atoms with Crippen molar-refractivity contribution < 1.29 is 19.2 Å². The van der Waals surface area contributed by atoms with Crippen LogP contribution < -0.4 is 5.43 Å². The van der Waals surface area contributed by atoms with E-state index in [1.165, 1.54) is 35.0 Å². The van der Waals surface area contributed by atoms with E-state index >= 15 is 0 Å². The smallest absolute Gasteiger partial charge is 0.433 e. The number of carboxylic acid groups (broad SMARTS) is 1. The van der Waals surface area contributed by atoms with E-state index in [1.54, 1.807) is 19.2 Å². The molecular weight excluding hydrogens is 330 g/mol. The summed E-state index contributed by atoms with van der Waals surface area (Å²) < 4.78 is 6.46. The van der Waals surface area contributed by atoms with Crippen molar-refractivity contribution in [2.24, 2.45) is 7.05 Å². The molecule has 0 saturated heterocycles. The molecule has 0 atom stereocenters. The van der Waals surface area contributed by atoms with E-state index in [0.717, 1.165) is 0 Å². The van der Waals surface area contributed by atoms with Crippen molar-refractivity contribution >= 4 is 35.0 Å². The summed E-state index contributed by atoms with van der Waals surface area (Å²) in [7, 11) is 1.59. The molecule has 0 aliphatic heterocycles. The summed E-state index contributed by atoms with van der Waals surface area (Å²) >= 11 is 0. The molecule has 0 unspecified atom stereocenters. The highest BCUT2D eigenvalue weighted by atomic mass is 16.6. The molecule has 0 radical (unpaired) electrons. The van der Waals surface area contributed by atoms with Gasteiger partial charge in [-0.15, -0.1) is 0 Å². The highest BCUT2D eigenvalue weighted by Gasteiger charge is 2.14. The van der Waals surface area contributed by atoms with Crippen molar-refractivity contribution in [3.8, 4) is 0 Å². The Morgan fingerprint density at radius 3 is 2.72 bits per heavy atom. The van der Waals surface area contributed by atoms with Gasteiger partial charge in [0.25, 0.3) is 0 Å². The molecule has 0 aliphatic carbocycles. The van der Waals surface area contributed by atoms with Gasteiger partial charge < -0.3 is 14.1 Å². The van der Waals surface area contributed by atoms with Crippen LogP contribution in [0.25, 0.3) is 23.2 Å². The van der Waals surface area contributed by atoms with Crippen LogP contribution in [0.1, 0.15) is 21.8 Å². The zero-order chi connectivity index (χ0) is 18.1. The van der Waals surface area contributed by atoms with E-state index in [1.807, 2.05) is 0 Å². The molecule has 25 heavy (non-hydrogen) atoms. The van der Waals surface area contributed by atoms with Crippen LogP contribution in [-0.4, -0.2) is 25.6 Å². The van der Waals surface area contributed by atoms with Crippen LogP contribution in [0.3, 0.4) is 0 Å². The van der Waals surface area contributed by atoms with Crippen molar-refractivity contribution in [2.45, 2.75) is 0 Å². The van der Waals surface area contributed by atoms with Gasteiger partial charge in [0, 0.05) is 13.2 Å². The lowest BCUT2D eigenvalue weighted by Crippen LogP contribution is -2.18. The zero-order valence-electron chi connectivity index (χ0n) is 12.9. The lowest BCUT2D eigenvalue weighted by molar-refractivity contribution is -0.402. The molecule has 0 aliphatic rings. The minimum Gasteiger partial charge on any atom is -0.477 e. The maximum Gasteiger partial charge on any atom is 0.433 e. The first-order chi connectivity index (χ1) is 11.9. The highest BCUT2D eigenvalue weighted by molar-refractivity contribution is 5.91. The number of aromatic carboxylic acids is 1. The van der Waals surface area contributed by atoms with E-state index in [0.29, 0.717) is 11.3 Å². The number of furan rings is 1. The van der Waals surface area contributed by atoms with Crippen LogP contribution in [0.4, 0.5) is 5.88 Å². The second-order valence-corrected chi connectivity index (χ2v) is 5.16. The van der Waals surface area contributed by atoms with Crippen LogP contribution in [0.15, 0.2) is 39.7 Å². The van der Waals surface area contributed by atoms with Crippen molar-refractivity contribution in [3.63, 3.8) is 0 Å². The Morgan fingerprint density at radius 1 is 1.32 bits per heavy atom. The molecule has 3 rings (SSSR count). The second-order valence-electron chi connectivity index (χ2n) is 5.16. The number of nitro groups is 1. The van der Waals surface area contributed by atoms with Crippen molar-refractivity contribution in [2.75, 3.05) is 0 Å². The molecule has 0 amide bonds. The molecule has 0 fully saturated rings. The standard InChI is InChI=1S/C16H11N3O6/c1-18-8-12(16(21)22)14(20)11-6-3-9(17-15(11)18)2-4-10-5-7-13(25-10)19(23)24/h2-8H,1H3,(H,21,22). The maximum absolute atomic E-state index is 12.1. The summed E-state index contributed by atoms with van der Waals surface area (Å²) in [6.07, 6.45) is 4.28. The fourth-order valence-electron chi connectivity index (χ4n) is 2.31. The van der Waals surface area contributed by atoms with E-state index in [-0.39, 0.29) is 22.6 Å². The fourth-order valence-corrected chi connectivity index (χ4v) is 2.31. The Labute approximate surface area is 139 Å². The number of rotatable bonds is 4. The predicted octanol–water partition coefficient (Wildman–Crippen LogP) is 2.30. The van der Waals surface area contributed by atoms with E-state index < -0.39 is 16.3 Å². The van der Waals surface area contributed by atoms with Crippen molar-refractivity contribution in [3.05, 3.63) is 67.8 Å². The average Bonchev–Trinajstić information content (AvgIpc) is 3.05. The lowest BCUT2D eigenvalue weighted by Gasteiger charge is -2.06. The topological polar surface area (TPSA) is 128 Å². The molecular formula is C16H11N3O6. The minimum absolute atomic E-state index is 0.188. The third-order valence-electron chi connectivity index (χ3n) is 3.48. The number of fused-ring (bicyclic) bond motifs is 1. The highest BCUT2D eigenvalue weighted by Crippen LogP contribution is 2.18. The summed E-state index contributed by atoms with van der Waals surface area (Å²) in [5, 5.41) is 19.8. The minimum atomic E-state index is -1.30. The van der Waals surface area contributed by atoms with Gasteiger partial charge in [0.1, 0.15) is 21.9 Å². The Hall–Kier alpha value is -3.75. The molecule has 3 aromatic heterocycles. The monoisotopic (exact) mass is 341 g/mol. The first-order valence-corrected chi connectivity index (χ1v) is 7.03.